The van der Waals surface area contributed by atoms with Crippen molar-refractivity contribution in [2.45, 2.75) is 74.3 Å². The topological polar surface area (TPSA) is 133 Å². The molecule has 1 aliphatic carbocycles. The monoisotopic (exact) mass is 657 g/mol. The molecule has 44 heavy (non-hydrogen) atoms. The van der Waals surface area contributed by atoms with Crippen LogP contribution < -0.4 is 19.1 Å². The van der Waals surface area contributed by atoms with Gasteiger partial charge in [-0.2, -0.15) is 0 Å². The quantitative estimate of drug-likeness (QED) is 0.303. The number of ketones is 1. The molecule has 1 saturated carbocycles. The predicted molar refractivity (Wildman–Crippen MR) is 178 cm³/mol. The van der Waals surface area contributed by atoms with Crippen molar-refractivity contribution in [1.82, 2.24) is 15.0 Å². The molecule has 0 bridgehead atoms. The molecule has 0 unspecified atom stereocenters. The van der Waals surface area contributed by atoms with E-state index in [-0.39, 0.29) is 45.0 Å². The maximum absolute atomic E-state index is 12.0. The van der Waals surface area contributed by atoms with Crippen LogP contribution in [0.25, 0.3) is 21.5 Å². The minimum Gasteiger partial charge on any atom is -0.487 e. The van der Waals surface area contributed by atoms with Crippen LogP contribution in [0.4, 0.5) is 16.0 Å². The van der Waals surface area contributed by atoms with Gasteiger partial charge >= 0.3 is 0 Å². The summed E-state index contributed by atoms with van der Waals surface area (Å²) in [6.45, 7) is 9.64. The summed E-state index contributed by atoms with van der Waals surface area (Å²) in [5.41, 5.74) is 2.16. The van der Waals surface area contributed by atoms with Crippen molar-refractivity contribution in [1.29, 1.82) is 0 Å². The predicted octanol–water partition coefficient (Wildman–Crippen LogP) is 6.44. The van der Waals surface area contributed by atoms with Crippen molar-refractivity contribution in [2.75, 3.05) is 56.0 Å². The van der Waals surface area contributed by atoms with Gasteiger partial charge in [0.15, 0.2) is 5.75 Å². The molecule has 4 heterocycles. The molecule has 1 saturated heterocycles. The molecule has 3 aromatic heterocycles. The molecule has 248 valence electrons. The fraction of sp³-hybridized carbons (Fsp3) is 0.600. The van der Waals surface area contributed by atoms with Crippen molar-refractivity contribution in [2.24, 2.45) is 0 Å². The minimum atomic E-state index is -3.57. The Kier molecular flexibility index (Phi) is 15.9. The highest BCUT2D eigenvalue weighted by Crippen LogP contribution is 2.43. The van der Waals surface area contributed by atoms with Crippen molar-refractivity contribution in [3.05, 3.63) is 17.1 Å². The second kappa shape index (κ2) is 18.0. The van der Waals surface area contributed by atoms with E-state index >= 15 is 0 Å². The van der Waals surface area contributed by atoms with Crippen LogP contribution in [0.1, 0.15) is 66.2 Å². The minimum absolute atomic E-state index is 0. The summed E-state index contributed by atoms with van der Waals surface area (Å²) >= 11 is 1.52. The Morgan fingerprint density at radius 2 is 1.77 bits per heavy atom. The molecule has 0 spiro atoms. The van der Waals surface area contributed by atoms with Gasteiger partial charge in [-0.25, -0.2) is 23.4 Å². The van der Waals surface area contributed by atoms with Gasteiger partial charge in [-0.1, -0.05) is 28.7 Å². The number of alkyl halides is 1. The number of carbonyl (C=O) groups excluding carboxylic acids is 1. The van der Waals surface area contributed by atoms with Gasteiger partial charge in [-0.3, -0.25) is 13.9 Å². The van der Waals surface area contributed by atoms with Gasteiger partial charge in [0, 0.05) is 42.6 Å². The molecule has 14 heteroatoms. The lowest BCUT2D eigenvalue weighted by molar-refractivity contribution is -0.121. The largest absolute Gasteiger partial charge is 0.487 e. The van der Waals surface area contributed by atoms with Crippen LogP contribution in [0.3, 0.4) is 0 Å². The van der Waals surface area contributed by atoms with E-state index in [4.69, 9.17) is 24.2 Å². The number of methoxy groups -OCH3 is 1. The lowest BCUT2D eigenvalue weighted by Crippen LogP contribution is -2.37. The number of rotatable bonds is 7. The molecular formula is C30H48FN5O6S2. The molecule has 0 amide bonds. The number of thiophene rings is 1. The number of pyridine rings is 1. The number of anilines is 2. The molecule has 2 fully saturated rings. The number of ether oxygens (including phenoxy) is 3. The summed E-state index contributed by atoms with van der Waals surface area (Å²) < 4.78 is 54.8. The number of sulfonamides is 1. The first-order valence-electron chi connectivity index (χ1n) is 14.0. The average molecular weight is 658 g/mol. The summed E-state index contributed by atoms with van der Waals surface area (Å²) in [6.07, 6.45) is 5.06. The Morgan fingerprint density at radius 3 is 2.34 bits per heavy atom. The number of hydrogen-bond acceptors (Lipinski definition) is 11. The van der Waals surface area contributed by atoms with Crippen LogP contribution >= 0.6 is 11.3 Å². The normalized spacial score (nSPS) is 15.1. The number of Topliss-reactive ketones (excluding diaryl/α,β-unsaturated/α-hetero) is 1. The van der Waals surface area contributed by atoms with E-state index in [0.717, 1.165) is 15.8 Å². The van der Waals surface area contributed by atoms with Crippen LogP contribution in [0.2, 0.25) is 0 Å². The van der Waals surface area contributed by atoms with Gasteiger partial charge in [0.2, 0.25) is 21.9 Å². The molecule has 1 aliphatic heterocycles. The highest BCUT2D eigenvalue weighted by Gasteiger charge is 2.27. The van der Waals surface area contributed by atoms with E-state index in [1.165, 1.54) is 25.4 Å². The van der Waals surface area contributed by atoms with Gasteiger partial charge in [0.05, 0.1) is 49.8 Å². The van der Waals surface area contributed by atoms with E-state index in [0.29, 0.717) is 80.5 Å². The maximum Gasteiger partial charge on any atom is 0.238 e. The Hall–Kier alpha value is -3.10. The molecule has 11 nitrogen and oxygen atoms in total. The summed E-state index contributed by atoms with van der Waals surface area (Å²) in [7, 11) is -2.14. The second-order valence-electron chi connectivity index (χ2n) is 9.41. The van der Waals surface area contributed by atoms with Crippen LogP contribution in [0.5, 0.6) is 11.6 Å². The van der Waals surface area contributed by atoms with E-state index in [1.807, 2.05) is 20.8 Å². The number of nitrogens with one attached hydrogen (secondary N) is 1. The number of carbonyl (C=O) groups is 1. The van der Waals surface area contributed by atoms with Crippen molar-refractivity contribution in [3.8, 4) is 22.9 Å². The molecule has 0 radical (unpaired) electrons. The third-order valence-corrected chi connectivity index (χ3v) is 8.00. The van der Waals surface area contributed by atoms with Crippen LogP contribution in [-0.2, 0) is 19.6 Å². The van der Waals surface area contributed by atoms with Crippen LogP contribution in [0.15, 0.2) is 12.3 Å². The number of nitrogens with zero attached hydrogens (tertiary/aromatic N) is 4. The lowest BCUT2D eigenvalue weighted by Gasteiger charge is -2.27. The Balaban J connectivity index is 0.00000130. The number of fused-ring (bicyclic) bond motifs is 1. The summed E-state index contributed by atoms with van der Waals surface area (Å²) in [4.78, 5) is 28.9. The standard InChI is InChI=1S/C24H29N5O6S2.C2H5F.C2H6.2CH4/c1-14-21(35-17-6-4-16(30)5-7-17)20-22(36-14)19(26-24(27-20)29-8-10-34-11-9-29)15-12-18(28-37(3,31)32)23(33-2)25-13-15;1-2-3;1-2;;/h12-13,17,28H,4-11H2,1-3H3;2H2,1H3;1-2H3;2*1H4. The zero-order valence-corrected chi connectivity index (χ0v) is 26.7. The summed E-state index contributed by atoms with van der Waals surface area (Å²) in [5.74, 6) is 1.68. The first-order chi connectivity index (χ1) is 20.1. The molecule has 1 N–H and O–H groups in total. The van der Waals surface area contributed by atoms with Gasteiger partial charge in [-0.05, 0) is 32.8 Å². The third kappa shape index (κ3) is 9.96. The molecule has 2 aliphatic rings. The molecule has 3 aromatic rings. The van der Waals surface area contributed by atoms with Crippen molar-refractivity contribution >= 4 is 49.0 Å². The Morgan fingerprint density at radius 1 is 1.16 bits per heavy atom. The van der Waals surface area contributed by atoms with Gasteiger partial charge in [0.1, 0.15) is 17.0 Å². The fourth-order valence-electron chi connectivity index (χ4n) is 4.51. The maximum atomic E-state index is 12.0. The Bertz CT molecular complexity index is 1450. The molecule has 0 aromatic carbocycles. The molecule has 0 atom stereocenters. The number of aromatic nitrogens is 3. The SMILES string of the molecule is C.C.CC.CCF.COc1ncc(-c2nc(N3CCOCC3)nc3c(OC4CCC(=O)CC4)c(C)sc23)cc1NS(C)(=O)=O. The van der Waals surface area contributed by atoms with Crippen LogP contribution in [0, 0.1) is 6.92 Å². The lowest BCUT2D eigenvalue weighted by atomic mass is 9.96. The summed E-state index contributed by atoms with van der Waals surface area (Å²) in [5, 5.41) is 0. The zero-order valence-electron chi connectivity index (χ0n) is 25.0. The highest BCUT2D eigenvalue weighted by molar-refractivity contribution is 7.92. The average Bonchev–Trinajstić information content (AvgIpc) is 3.29. The highest BCUT2D eigenvalue weighted by atomic mass is 32.2. The van der Waals surface area contributed by atoms with Crippen LogP contribution in [-0.4, -0.2) is 81.6 Å². The number of halogens is 1. The number of morpholine rings is 1. The number of hydrogen-bond donors (Lipinski definition) is 1. The van der Waals surface area contributed by atoms with E-state index in [9.17, 15) is 17.6 Å². The Labute approximate surface area is 265 Å². The van der Waals surface area contributed by atoms with Gasteiger partial charge in [0.25, 0.3) is 0 Å². The smallest absolute Gasteiger partial charge is 0.238 e. The zero-order chi connectivity index (χ0) is 30.9. The van der Waals surface area contributed by atoms with E-state index < -0.39 is 10.0 Å². The summed E-state index contributed by atoms with van der Waals surface area (Å²) in [6, 6.07) is 1.67. The van der Waals surface area contributed by atoms with E-state index in [1.54, 1.807) is 12.3 Å². The first kappa shape index (κ1) is 38.9. The van der Waals surface area contributed by atoms with Gasteiger partial charge in [-0.15, -0.1) is 11.3 Å². The number of aryl methyl sites for hydroxylation is 1. The third-order valence-electron chi connectivity index (χ3n) is 6.33. The van der Waals surface area contributed by atoms with E-state index in [2.05, 4.69) is 14.6 Å². The second-order valence-corrected chi connectivity index (χ2v) is 12.4. The van der Waals surface area contributed by atoms with Crippen molar-refractivity contribution < 1.29 is 31.8 Å². The van der Waals surface area contributed by atoms with Gasteiger partial charge < -0.3 is 19.1 Å². The fourth-order valence-corrected chi connectivity index (χ4v) is 6.09. The molecular weight excluding hydrogens is 609 g/mol. The first-order valence-corrected chi connectivity index (χ1v) is 16.7. The van der Waals surface area contributed by atoms with Crippen molar-refractivity contribution in [3.63, 3.8) is 0 Å². The molecule has 5 rings (SSSR count).